The second-order valence-corrected chi connectivity index (χ2v) is 8.91. The number of hydrogen-bond acceptors (Lipinski definition) is 7. The van der Waals surface area contributed by atoms with E-state index in [0.717, 1.165) is 31.7 Å². The van der Waals surface area contributed by atoms with Gasteiger partial charge in [-0.1, -0.05) is 53.5 Å². The van der Waals surface area contributed by atoms with Crippen LogP contribution in [0, 0.1) is 0 Å². The fourth-order valence-corrected chi connectivity index (χ4v) is 3.37. The van der Waals surface area contributed by atoms with E-state index in [2.05, 4.69) is 15.5 Å². The van der Waals surface area contributed by atoms with Crippen LogP contribution in [-0.4, -0.2) is 68.3 Å². The van der Waals surface area contributed by atoms with Crippen LogP contribution in [0.25, 0.3) is 0 Å². The molecule has 11 heteroatoms. The molecule has 0 fully saturated rings. The number of carbonyl (C=O) groups is 3. The molecule has 0 aliphatic carbocycles. The maximum atomic E-state index is 12.7. The Morgan fingerprint density at radius 1 is 1.00 bits per heavy atom. The van der Waals surface area contributed by atoms with Crippen molar-refractivity contribution in [3.63, 3.8) is 0 Å². The van der Waals surface area contributed by atoms with E-state index in [-0.39, 0.29) is 6.42 Å². The number of aldehydes is 1. The Kier molecular flexibility index (Phi) is 15.6. The van der Waals surface area contributed by atoms with Gasteiger partial charge in [0.15, 0.2) is 0 Å². The van der Waals surface area contributed by atoms with E-state index < -0.39 is 23.9 Å². The van der Waals surface area contributed by atoms with Crippen molar-refractivity contribution >= 4 is 47.0 Å². The first-order valence-corrected chi connectivity index (χ1v) is 12.4. The first-order chi connectivity index (χ1) is 17.2. The van der Waals surface area contributed by atoms with Crippen LogP contribution in [0.15, 0.2) is 48.5 Å². The Bertz CT molecular complexity index is 943. The van der Waals surface area contributed by atoms with Gasteiger partial charge >= 0.3 is 0 Å². The average Bonchev–Trinajstić information content (AvgIpc) is 2.85. The molecule has 0 saturated carbocycles. The van der Waals surface area contributed by atoms with Crippen molar-refractivity contribution in [1.29, 1.82) is 0 Å². The Balaban J connectivity index is 0.000000697. The largest absolute Gasteiger partial charge is 0.343 e. The molecule has 8 N–H and O–H groups in total. The van der Waals surface area contributed by atoms with E-state index in [0.29, 0.717) is 34.9 Å². The number of hydrogen-bond donors (Lipinski definition) is 5. The molecule has 0 spiro atoms. The average molecular weight is 540 g/mol. The van der Waals surface area contributed by atoms with Crippen molar-refractivity contribution in [1.82, 2.24) is 10.2 Å². The number of carbonyl (C=O) groups excluding carboxylic acids is 3. The van der Waals surface area contributed by atoms with E-state index in [1.54, 1.807) is 12.1 Å². The van der Waals surface area contributed by atoms with E-state index in [4.69, 9.17) is 40.4 Å². The van der Waals surface area contributed by atoms with Gasteiger partial charge in [0.1, 0.15) is 12.3 Å². The molecule has 0 aliphatic rings. The van der Waals surface area contributed by atoms with Crippen LogP contribution in [0.3, 0.4) is 0 Å². The summed E-state index contributed by atoms with van der Waals surface area (Å²) in [4.78, 5) is 37.6. The third-order valence-corrected chi connectivity index (χ3v) is 5.83. The van der Waals surface area contributed by atoms with Gasteiger partial charge in [-0.3, -0.25) is 9.59 Å². The van der Waals surface area contributed by atoms with Crippen LogP contribution in [0.5, 0.6) is 0 Å². The van der Waals surface area contributed by atoms with Crippen LogP contribution in [-0.2, 0) is 20.8 Å². The summed E-state index contributed by atoms with van der Waals surface area (Å²) < 4.78 is 0. The normalized spacial score (nSPS) is 12.2. The molecule has 36 heavy (non-hydrogen) atoms. The maximum absolute atomic E-state index is 12.7. The topological polar surface area (TPSA) is 157 Å². The summed E-state index contributed by atoms with van der Waals surface area (Å²) in [5.74, 6) is -0.976. The molecule has 0 saturated heterocycles. The van der Waals surface area contributed by atoms with Gasteiger partial charge in [0.2, 0.25) is 11.8 Å². The zero-order valence-electron chi connectivity index (χ0n) is 20.5. The Morgan fingerprint density at radius 2 is 1.64 bits per heavy atom. The third kappa shape index (κ3) is 12.4. The number of halogens is 2. The summed E-state index contributed by atoms with van der Waals surface area (Å²) in [6.45, 7) is 3.32. The van der Waals surface area contributed by atoms with Gasteiger partial charge in [-0.2, -0.15) is 0 Å². The fraction of sp³-hybridized carbons (Fsp3) is 0.400. The molecule has 0 radical (unpaired) electrons. The number of aryl methyl sites for hydroxylation is 1. The number of benzene rings is 2. The number of nitrogens with one attached hydrogen (secondary N) is 2. The molecule has 0 heterocycles. The summed E-state index contributed by atoms with van der Waals surface area (Å²) in [6.07, 6.45) is 1.38. The number of anilines is 1. The van der Waals surface area contributed by atoms with Gasteiger partial charge in [-0.25, -0.2) is 0 Å². The molecule has 2 aromatic rings. The summed E-state index contributed by atoms with van der Waals surface area (Å²) in [5, 5.41) is 6.01. The molecular weight excluding hydrogens is 503 g/mol. The van der Waals surface area contributed by atoms with Gasteiger partial charge in [-0.05, 0) is 43.7 Å². The van der Waals surface area contributed by atoms with Gasteiger partial charge < -0.3 is 37.5 Å². The van der Waals surface area contributed by atoms with E-state index in [1.165, 1.54) is 6.07 Å². The monoisotopic (exact) mass is 538 g/mol. The predicted molar refractivity (Wildman–Crippen MR) is 146 cm³/mol. The number of amides is 2. The SMILES string of the molecule is CN(CCN)CCN.NC(CC=O)C(=O)NC(CCc1ccccc1)C(=O)Nc1ccc(Cl)c(Cl)c1. The minimum absolute atomic E-state index is 0.119. The lowest BCUT2D eigenvalue weighted by Gasteiger charge is -2.20. The summed E-state index contributed by atoms with van der Waals surface area (Å²) in [6, 6.07) is 12.4. The predicted octanol–water partition coefficient (Wildman–Crippen LogP) is 1.80. The maximum Gasteiger partial charge on any atom is 0.246 e. The van der Waals surface area contributed by atoms with Gasteiger partial charge in [0.05, 0.1) is 16.1 Å². The fourth-order valence-electron chi connectivity index (χ4n) is 3.07. The highest BCUT2D eigenvalue weighted by atomic mass is 35.5. The third-order valence-electron chi connectivity index (χ3n) is 5.09. The smallest absolute Gasteiger partial charge is 0.246 e. The Labute approximate surface area is 222 Å². The molecule has 0 aliphatic heterocycles. The highest BCUT2D eigenvalue weighted by Crippen LogP contribution is 2.25. The molecular formula is C25H36Cl2N6O3. The van der Waals surface area contributed by atoms with Crippen molar-refractivity contribution in [3.05, 3.63) is 64.1 Å². The summed E-state index contributed by atoms with van der Waals surface area (Å²) >= 11 is 11.9. The van der Waals surface area contributed by atoms with E-state index in [1.807, 2.05) is 37.4 Å². The van der Waals surface area contributed by atoms with Crippen LogP contribution >= 0.6 is 23.2 Å². The first kappa shape index (κ1) is 31.5. The lowest BCUT2D eigenvalue weighted by molar-refractivity contribution is -0.128. The van der Waals surface area contributed by atoms with Crippen LogP contribution in [0.2, 0.25) is 10.0 Å². The number of nitrogens with zero attached hydrogens (tertiary/aromatic N) is 1. The van der Waals surface area contributed by atoms with E-state index in [9.17, 15) is 14.4 Å². The van der Waals surface area contributed by atoms with Crippen LogP contribution in [0.4, 0.5) is 5.69 Å². The lowest BCUT2D eigenvalue weighted by Crippen LogP contribution is -2.50. The quantitative estimate of drug-likeness (QED) is 0.243. The zero-order valence-corrected chi connectivity index (χ0v) is 22.0. The Morgan fingerprint density at radius 3 is 2.19 bits per heavy atom. The zero-order chi connectivity index (χ0) is 26.9. The molecule has 2 unspecified atom stereocenters. The first-order valence-electron chi connectivity index (χ1n) is 11.6. The molecule has 0 bridgehead atoms. The van der Waals surface area contributed by atoms with Gasteiger partial charge in [-0.15, -0.1) is 0 Å². The number of likely N-dealkylation sites (N-methyl/N-ethyl adjacent to an activating group) is 1. The number of nitrogens with two attached hydrogens (primary N) is 3. The second-order valence-electron chi connectivity index (χ2n) is 8.09. The second kappa shape index (κ2) is 17.8. The molecule has 2 aromatic carbocycles. The molecule has 198 valence electrons. The van der Waals surface area contributed by atoms with Crippen molar-refractivity contribution < 1.29 is 14.4 Å². The van der Waals surface area contributed by atoms with Gasteiger partial charge in [0.25, 0.3) is 0 Å². The minimum atomic E-state index is -1.01. The Hall–Kier alpha value is -2.53. The summed E-state index contributed by atoms with van der Waals surface area (Å²) in [7, 11) is 2.01. The molecule has 2 amide bonds. The molecule has 2 atom stereocenters. The highest BCUT2D eigenvalue weighted by Gasteiger charge is 2.24. The summed E-state index contributed by atoms with van der Waals surface area (Å²) in [5.41, 5.74) is 17.7. The van der Waals surface area contributed by atoms with Crippen molar-refractivity contribution in [2.45, 2.75) is 31.3 Å². The molecule has 2 rings (SSSR count). The standard InChI is InChI=1S/C20H21Cl2N3O3.C5H15N3/c21-15-8-7-14(12-16(15)22)24-20(28)18(25-19(27)17(23)10-11-26)9-6-13-4-2-1-3-5-13;1-8(4-2-6)5-3-7/h1-5,7-8,11-12,17-18H,6,9-10,23H2,(H,24,28)(H,25,27);2-7H2,1H3. The number of rotatable bonds is 13. The van der Waals surface area contributed by atoms with Crippen LogP contribution < -0.4 is 27.8 Å². The van der Waals surface area contributed by atoms with Crippen LogP contribution in [0.1, 0.15) is 18.4 Å². The lowest BCUT2D eigenvalue weighted by atomic mass is 10.0. The van der Waals surface area contributed by atoms with Crippen molar-refractivity contribution in [2.75, 3.05) is 38.5 Å². The van der Waals surface area contributed by atoms with Gasteiger partial charge in [0, 0.05) is 38.3 Å². The molecule has 9 nitrogen and oxygen atoms in total. The van der Waals surface area contributed by atoms with E-state index >= 15 is 0 Å². The molecule has 0 aromatic heterocycles. The van der Waals surface area contributed by atoms with Crippen molar-refractivity contribution in [2.24, 2.45) is 17.2 Å². The minimum Gasteiger partial charge on any atom is -0.343 e. The highest BCUT2D eigenvalue weighted by molar-refractivity contribution is 6.42. The van der Waals surface area contributed by atoms with Crippen molar-refractivity contribution in [3.8, 4) is 0 Å².